The molecule has 0 radical (unpaired) electrons. The Kier molecular flexibility index (Phi) is 4.74. The number of halogens is 1. The van der Waals surface area contributed by atoms with Gasteiger partial charge < -0.3 is 25.6 Å². The number of nitrogens with one attached hydrogen (secondary N) is 1. The average molecular weight is 513 g/mol. The van der Waals surface area contributed by atoms with Crippen LogP contribution in [0.25, 0.3) is 16.5 Å². The molecule has 2 saturated heterocycles. The summed E-state index contributed by atoms with van der Waals surface area (Å²) in [5, 5.41) is 30.4. The Bertz CT molecular complexity index is 1280. The highest BCUT2D eigenvalue weighted by atomic mass is 35.5. The van der Waals surface area contributed by atoms with Gasteiger partial charge in [-0.15, -0.1) is 11.6 Å². The van der Waals surface area contributed by atoms with E-state index in [2.05, 4.69) is 41.4 Å². The van der Waals surface area contributed by atoms with E-state index in [-0.39, 0.29) is 23.3 Å². The van der Waals surface area contributed by atoms with Gasteiger partial charge in [0.2, 0.25) is 0 Å². The predicted octanol–water partition coefficient (Wildman–Crippen LogP) is 3.69. The third-order valence-corrected chi connectivity index (χ3v) is 11.8. The Morgan fingerprint density at radius 3 is 2.72 bits per heavy atom. The zero-order chi connectivity index (χ0) is 25.3. The van der Waals surface area contributed by atoms with Crippen LogP contribution in [0, 0.1) is 17.3 Å². The highest BCUT2D eigenvalue weighted by Crippen LogP contribution is 2.73. The average Bonchev–Trinajstić information content (AvgIpc) is 3.50. The van der Waals surface area contributed by atoms with Gasteiger partial charge >= 0.3 is 0 Å². The SMILES string of the molecule is CN(C)C1CC23CCC4(O2)C2CC=C(c5ccc6c(N)n[nH]c6c5)C2(C)CCC4(Cl)CC3C(O)C1O. The summed E-state index contributed by atoms with van der Waals surface area (Å²) >= 11 is 7.61. The zero-order valence-corrected chi connectivity index (χ0v) is 22.1. The number of aromatic amines is 1. The van der Waals surface area contributed by atoms with Crippen molar-refractivity contribution in [1.82, 2.24) is 15.1 Å². The van der Waals surface area contributed by atoms with Gasteiger partial charge in [-0.25, -0.2) is 0 Å². The Morgan fingerprint density at radius 2 is 1.94 bits per heavy atom. The number of hydrogen-bond acceptors (Lipinski definition) is 6. The first-order valence-corrected chi connectivity index (χ1v) is 13.8. The second kappa shape index (κ2) is 7.26. The lowest BCUT2D eigenvalue weighted by Gasteiger charge is -2.65. The Hall–Kier alpha value is -1.64. The summed E-state index contributed by atoms with van der Waals surface area (Å²) in [6.07, 6.45) is 6.79. The molecule has 7 rings (SSSR count). The van der Waals surface area contributed by atoms with Crippen LogP contribution in [0.3, 0.4) is 0 Å². The summed E-state index contributed by atoms with van der Waals surface area (Å²) < 4.78 is 7.32. The largest absolute Gasteiger partial charge is 0.390 e. The standard InChI is InChI=1S/C28H37ClN4O3/c1-25-8-10-27(29)13-18-22(34)23(35)20(33(2)3)14-26(18)9-11-28(27,36-26)21(25)7-6-17(25)15-4-5-16-19(12-15)31-32-24(16)30/h4-6,12,18,20-23,34-35H,7-11,13-14H2,1-3H3,(H3,30,31,32). The maximum atomic E-state index is 11.3. The van der Waals surface area contributed by atoms with E-state index in [1.807, 2.05) is 19.0 Å². The van der Waals surface area contributed by atoms with Gasteiger partial charge in [0.1, 0.15) is 0 Å². The molecule has 3 aliphatic carbocycles. The number of aliphatic hydroxyl groups excluding tert-OH is 2. The van der Waals surface area contributed by atoms with Crippen LogP contribution in [0.2, 0.25) is 0 Å². The van der Waals surface area contributed by atoms with Crippen molar-refractivity contribution < 1.29 is 14.9 Å². The smallest absolute Gasteiger partial charge is 0.153 e. The van der Waals surface area contributed by atoms with E-state index in [9.17, 15) is 10.2 Å². The molecule has 9 unspecified atom stereocenters. The molecule has 9 atom stereocenters. The van der Waals surface area contributed by atoms with Gasteiger partial charge in [-0.05, 0) is 87.7 Å². The van der Waals surface area contributed by atoms with Crippen LogP contribution in [-0.2, 0) is 4.74 Å². The summed E-state index contributed by atoms with van der Waals surface area (Å²) in [5.41, 5.74) is 8.63. The number of fused-ring (bicyclic) bond motifs is 2. The van der Waals surface area contributed by atoms with E-state index in [4.69, 9.17) is 22.1 Å². The molecule has 1 aromatic carbocycles. The molecule has 2 saturated carbocycles. The molecule has 36 heavy (non-hydrogen) atoms. The zero-order valence-electron chi connectivity index (χ0n) is 21.3. The lowest BCUT2D eigenvalue weighted by Crippen LogP contribution is -2.72. The molecule has 2 aliphatic heterocycles. The van der Waals surface area contributed by atoms with E-state index in [1.165, 1.54) is 11.1 Å². The second-order valence-electron chi connectivity index (χ2n) is 12.7. The first-order chi connectivity index (χ1) is 17.0. The number of alkyl halides is 1. The number of benzene rings is 1. The normalized spacial score (nSPS) is 47.5. The second-order valence-corrected chi connectivity index (χ2v) is 13.5. The van der Waals surface area contributed by atoms with E-state index < -0.39 is 28.3 Å². The molecule has 5 N–H and O–H groups in total. The van der Waals surface area contributed by atoms with Crippen molar-refractivity contribution in [3.63, 3.8) is 0 Å². The van der Waals surface area contributed by atoms with Crippen LogP contribution in [0.15, 0.2) is 24.3 Å². The van der Waals surface area contributed by atoms with Gasteiger partial charge in [0, 0.05) is 23.3 Å². The first kappa shape index (κ1) is 23.5. The third-order valence-electron chi connectivity index (χ3n) is 11.1. The fraction of sp³-hybridized carbons (Fsp3) is 0.679. The predicted molar refractivity (Wildman–Crippen MR) is 141 cm³/mol. The number of nitrogens with two attached hydrogens (primary N) is 1. The topological polar surface area (TPSA) is 108 Å². The van der Waals surface area contributed by atoms with E-state index in [0.717, 1.165) is 49.4 Å². The number of likely N-dealkylation sites (N-methyl/N-ethyl adjacent to an activating group) is 1. The van der Waals surface area contributed by atoms with Crippen molar-refractivity contribution in [2.45, 2.75) is 86.2 Å². The molecular formula is C28H37ClN4O3. The number of H-pyrrole nitrogens is 1. The highest BCUT2D eigenvalue weighted by molar-refractivity contribution is 6.25. The number of nitrogen functional groups attached to an aromatic ring is 1. The molecule has 194 valence electrons. The summed E-state index contributed by atoms with van der Waals surface area (Å²) in [5.74, 6) is 0.668. The number of rotatable bonds is 2. The van der Waals surface area contributed by atoms with Crippen LogP contribution in [0.5, 0.6) is 0 Å². The van der Waals surface area contributed by atoms with E-state index in [1.54, 1.807) is 0 Å². The Labute approximate surface area is 217 Å². The summed E-state index contributed by atoms with van der Waals surface area (Å²) in [7, 11) is 3.96. The van der Waals surface area contributed by atoms with Crippen molar-refractivity contribution in [2.75, 3.05) is 19.8 Å². The van der Waals surface area contributed by atoms with Crippen LogP contribution in [0.1, 0.15) is 57.4 Å². The minimum Gasteiger partial charge on any atom is -0.390 e. The fourth-order valence-electron chi connectivity index (χ4n) is 9.22. The monoisotopic (exact) mass is 512 g/mol. The van der Waals surface area contributed by atoms with Crippen LogP contribution >= 0.6 is 11.6 Å². The summed E-state index contributed by atoms with van der Waals surface area (Å²) in [4.78, 5) is 1.51. The van der Waals surface area contributed by atoms with Crippen molar-refractivity contribution in [3.05, 3.63) is 29.8 Å². The first-order valence-electron chi connectivity index (χ1n) is 13.4. The maximum absolute atomic E-state index is 11.3. The van der Waals surface area contributed by atoms with Crippen molar-refractivity contribution in [2.24, 2.45) is 17.3 Å². The van der Waals surface area contributed by atoms with Crippen molar-refractivity contribution >= 4 is 33.9 Å². The molecule has 8 heteroatoms. The molecule has 1 aromatic heterocycles. The molecule has 5 aliphatic rings. The fourth-order valence-corrected chi connectivity index (χ4v) is 9.74. The van der Waals surface area contributed by atoms with Crippen LogP contribution in [-0.4, -0.2) is 73.7 Å². The quantitative estimate of drug-likeness (QED) is 0.457. The number of allylic oxidation sites excluding steroid dienone is 2. The lowest BCUT2D eigenvalue weighted by atomic mass is 9.52. The van der Waals surface area contributed by atoms with Gasteiger partial charge in [-0.1, -0.05) is 19.1 Å². The minimum absolute atomic E-state index is 0.0518. The number of anilines is 1. The van der Waals surface area contributed by atoms with E-state index in [0.29, 0.717) is 12.2 Å². The number of ether oxygens (including phenoxy) is 1. The van der Waals surface area contributed by atoms with Crippen LogP contribution in [0.4, 0.5) is 5.82 Å². The molecule has 2 aromatic rings. The van der Waals surface area contributed by atoms with Gasteiger partial charge in [-0.3, -0.25) is 5.10 Å². The van der Waals surface area contributed by atoms with Crippen molar-refractivity contribution in [3.8, 4) is 0 Å². The molecule has 3 heterocycles. The van der Waals surface area contributed by atoms with Crippen LogP contribution < -0.4 is 5.73 Å². The molecule has 0 amide bonds. The molecule has 2 bridgehead atoms. The van der Waals surface area contributed by atoms with Gasteiger partial charge in [0.05, 0.1) is 33.8 Å². The number of nitrogens with zero attached hydrogens (tertiary/aromatic N) is 2. The molecule has 4 fully saturated rings. The lowest BCUT2D eigenvalue weighted by molar-refractivity contribution is -0.276. The maximum Gasteiger partial charge on any atom is 0.153 e. The van der Waals surface area contributed by atoms with Gasteiger partial charge in [0.25, 0.3) is 0 Å². The number of hydrogen-bond donors (Lipinski definition) is 4. The summed E-state index contributed by atoms with van der Waals surface area (Å²) in [6.45, 7) is 2.40. The summed E-state index contributed by atoms with van der Waals surface area (Å²) in [6, 6.07) is 6.28. The number of aromatic nitrogens is 2. The molecular weight excluding hydrogens is 476 g/mol. The highest BCUT2D eigenvalue weighted by Gasteiger charge is 2.76. The number of aliphatic hydroxyl groups is 2. The minimum atomic E-state index is -0.822. The Balaban J connectivity index is 1.27. The van der Waals surface area contributed by atoms with Gasteiger partial charge in [-0.2, -0.15) is 5.10 Å². The molecule has 7 nitrogen and oxygen atoms in total. The Morgan fingerprint density at radius 1 is 1.14 bits per heavy atom. The van der Waals surface area contributed by atoms with Crippen molar-refractivity contribution in [1.29, 1.82) is 0 Å². The van der Waals surface area contributed by atoms with E-state index >= 15 is 0 Å². The third kappa shape index (κ3) is 2.71. The van der Waals surface area contributed by atoms with Gasteiger partial charge in [0.15, 0.2) is 5.82 Å². The molecule has 2 spiro atoms.